The number of hydrogen-bond donors (Lipinski definition) is 1. The highest BCUT2D eigenvalue weighted by molar-refractivity contribution is 6.01. The summed E-state index contributed by atoms with van der Waals surface area (Å²) in [5.74, 6) is 0.924. The lowest BCUT2D eigenvalue weighted by Gasteiger charge is -2.51. The van der Waals surface area contributed by atoms with Gasteiger partial charge < -0.3 is 29.0 Å². The first-order valence-electron chi connectivity index (χ1n) is 11.9. The number of H-pyrrole nitrogens is 1. The van der Waals surface area contributed by atoms with Crippen LogP contribution in [0.15, 0.2) is 42.5 Å². The molecular formula is C27H31N3O5. The molecule has 2 aromatic carbocycles. The second kappa shape index (κ2) is 8.92. The Hall–Kier alpha value is -3.52. The lowest BCUT2D eigenvalue weighted by Crippen LogP contribution is -2.67. The van der Waals surface area contributed by atoms with Crippen LogP contribution in [-0.2, 0) is 19.9 Å². The molecule has 5 rings (SSSR count). The van der Waals surface area contributed by atoms with Crippen molar-refractivity contribution in [2.45, 2.75) is 25.3 Å². The van der Waals surface area contributed by atoms with Gasteiger partial charge >= 0.3 is 0 Å². The topological polar surface area (TPSA) is 84.1 Å². The number of carbonyl (C=O) groups is 2. The summed E-state index contributed by atoms with van der Waals surface area (Å²) in [5, 5.41) is 1.04. The Morgan fingerprint density at radius 3 is 2.66 bits per heavy atom. The third-order valence-electron chi connectivity index (χ3n) is 7.28. The summed E-state index contributed by atoms with van der Waals surface area (Å²) in [4.78, 5) is 34.3. The molecule has 1 aromatic heterocycles. The predicted molar refractivity (Wildman–Crippen MR) is 132 cm³/mol. The van der Waals surface area contributed by atoms with Gasteiger partial charge in [-0.1, -0.05) is 30.3 Å². The Bertz CT molecular complexity index is 1290. The van der Waals surface area contributed by atoms with E-state index in [0.717, 1.165) is 27.7 Å². The van der Waals surface area contributed by atoms with Gasteiger partial charge in [0.05, 0.1) is 32.6 Å². The largest absolute Gasteiger partial charge is 0.493 e. The molecule has 0 radical (unpaired) electrons. The van der Waals surface area contributed by atoms with Crippen LogP contribution in [0.1, 0.15) is 36.6 Å². The van der Waals surface area contributed by atoms with Gasteiger partial charge in [0, 0.05) is 42.6 Å². The Morgan fingerprint density at radius 1 is 1.11 bits per heavy atom. The van der Waals surface area contributed by atoms with Crippen LogP contribution in [-0.4, -0.2) is 73.7 Å². The first-order valence-corrected chi connectivity index (χ1v) is 11.9. The molecule has 0 aliphatic carbocycles. The molecular weight excluding hydrogens is 446 g/mol. The molecule has 3 heterocycles. The van der Waals surface area contributed by atoms with Crippen molar-refractivity contribution in [2.75, 3.05) is 47.1 Å². The fourth-order valence-corrected chi connectivity index (χ4v) is 5.61. The number of methoxy groups -OCH3 is 2. The summed E-state index contributed by atoms with van der Waals surface area (Å²) in [6.45, 7) is 5.41. The normalized spacial score (nSPS) is 21.8. The number of carbonyl (C=O) groups excluding carboxylic acids is 2. The maximum atomic E-state index is 13.9. The van der Waals surface area contributed by atoms with E-state index in [-0.39, 0.29) is 24.3 Å². The minimum absolute atomic E-state index is 0.0382. The highest BCUT2D eigenvalue weighted by atomic mass is 16.5. The van der Waals surface area contributed by atoms with E-state index < -0.39 is 5.54 Å². The number of nitrogens with one attached hydrogen (secondary N) is 1. The number of aromatic amines is 1. The zero-order chi connectivity index (χ0) is 24.7. The third-order valence-corrected chi connectivity index (χ3v) is 7.28. The van der Waals surface area contributed by atoms with Crippen LogP contribution >= 0.6 is 0 Å². The number of hydrogen-bond acceptors (Lipinski definition) is 5. The lowest BCUT2D eigenvalue weighted by atomic mass is 9.76. The minimum atomic E-state index is -1.14. The first kappa shape index (κ1) is 23.2. The van der Waals surface area contributed by atoms with Crippen LogP contribution in [0, 0.1) is 0 Å². The third kappa shape index (κ3) is 3.46. The number of para-hydroxylation sites is 2. The zero-order valence-corrected chi connectivity index (χ0v) is 20.6. The van der Waals surface area contributed by atoms with Gasteiger partial charge in [-0.25, -0.2) is 0 Å². The molecule has 8 heteroatoms. The van der Waals surface area contributed by atoms with Crippen molar-refractivity contribution in [3.63, 3.8) is 0 Å². The fourth-order valence-electron chi connectivity index (χ4n) is 5.61. The monoisotopic (exact) mass is 477 g/mol. The van der Waals surface area contributed by atoms with E-state index in [4.69, 9.17) is 14.2 Å². The number of nitrogens with zero attached hydrogens (tertiary/aromatic N) is 2. The van der Waals surface area contributed by atoms with E-state index in [1.165, 1.54) is 0 Å². The average Bonchev–Trinajstić information content (AvgIpc) is 3.27. The molecule has 1 N–H and O–H groups in total. The number of ether oxygens (including phenoxy) is 3. The molecule has 2 amide bonds. The van der Waals surface area contributed by atoms with Gasteiger partial charge in [-0.05, 0) is 31.5 Å². The van der Waals surface area contributed by atoms with E-state index in [9.17, 15) is 9.59 Å². The van der Waals surface area contributed by atoms with E-state index in [2.05, 4.69) is 11.1 Å². The van der Waals surface area contributed by atoms with Crippen LogP contribution in [0.25, 0.3) is 10.9 Å². The zero-order valence-electron chi connectivity index (χ0n) is 20.6. The summed E-state index contributed by atoms with van der Waals surface area (Å²) in [6, 6.07) is 13.9. The highest BCUT2D eigenvalue weighted by Crippen LogP contribution is 2.50. The van der Waals surface area contributed by atoms with Crippen molar-refractivity contribution in [3.8, 4) is 11.5 Å². The molecule has 35 heavy (non-hydrogen) atoms. The maximum absolute atomic E-state index is 13.9. The molecule has 0 unspecified atom stereocenters. The Labute approximate surface area is 204 Å². The predicted octanol–water partition coefficient (Wildman–Crippen LogP) is 3.25. The van der Waals surface area contributed by atoms with Crippen molar-refractivity contribution in [1.29, 1.82) is 0 Å². The van der Waals surface area contributed by atoms with Gasteiger partial charge in [-0.15, -0.1) is 0 Å². The first-order chi connectivity index (χ1) is 16.9. The quantitative estimate of drug-likeness (QED) is 0.565. The Balaban J connectivity index is 1.74. The van der Waals surface area contributed by atoms with Crippen LogP contribution in [0.5, 0.6) is 11.5 Å². The van der Waals surface area contributed by atoms with Crippen molar-refractivity contribution in [3.05, 3.63) is 59.3 Å². The number of aromatic nitrogens is 1. The highest BCUT2D eigenvalue weighted by Gasteiger charge is 2.56. The van der Waals surface area contributed by atoms with Gasteiger partial charge in [-0.3, -0.25) is 9.59 Å². The van der Waals surface area contributed by atoms with Gasteiger partial charge in [0.1, 0.15) is 0 Å². The second-order valence-electron chi connectivity index (χ2n) is 9.12. The standard InChI is InChI=1S/C27H31N3O5/c1-5-35-24-17(10-8-12-21(24)34-4)19-15-30-22(31)16-29(13-14-33-3)26(32)27(30,2)25-23(19)18-9-6-7-11-20(18)28-25/h6-12,19,28H,5,13-16H2,1-4H3/t19-,27+/m1/s1. The number of rotatable bonds is 7. The summed E-state index contributed by atoms with van der Waals surface area (Å²) < 4.78 is 16.9. The van der Waals surface area contributed by atoms with Gasteiger partial charge in [0.25, 0.3) is 5.91 Å². The van der Waals surface area contributed by atoms with Crippen LogP contribution in [0.3, 0.4) is 0 Å². The summed E-state index contributed by atoms with van der Waals surface area (Å²) in [6.07, 6.45) is 0. The molecule has 184 valence electrons. The van der Waals surface area contributed by atoms with Crippen LogP contribution in [0.4, 0.5) is 0 Å². The molecule has 2 aliphatic rings. The fraction of sp³-hybridized carbons (Fsp3) is 0.407. The number of fused-ring (bicyclic) bond motifs is 5. The van der Waals surface area contributed by atoms with Crippen molar-refractivity contribution >= 4 is 22.7 Å². The van der Waals surface area contributed by atoms with Crippen molar-refractivity contribution in [2.24, 2.45) is 0 Å². The average molecular weight is 478 g/mol. The molecule has 0 spiro atoms. The summed E-state index contributed by atoms with van der Waals surface area (Å²) >= 11 is 0. The molecule has 2 aliphatic heterocycles. The molecule has 2 atom stereocenters. The van der Waals surface area contributed by atoms with E-state index in [0.29, 0.717) is 37.8 Å². The number of amides is 2. The Morgan fingerprint density at radius 2 is 1.91 bits per heavy atom. The molecule has 0 bridgehead atoms. The van der Waals surface area contributed by atoms with E-state index in [1.807, 2.05) is 50.2 Å². The SMILES string of the molecule is CCOc1c(OC)cccc1[C@H]1CN2C(=O)CN(CCOC)C(=O)[C@]2(C)c2[nH]c3ccccc3c21. The van der Waals surface area contributed by atoms with Gasteiger partial charge in [-0.2, -0.15) is 0 Å². The van der Waals surface area contributed by atoms with Crippen molar-refractivity contribution in [1.82, 2.24) is 14.8 Å². The molecule has 3 aromatic rings. The lowest BCUT2D eigenvalue weighted by molar-refractivity contribution is -0.166. The smallest absolute Gasteiger partial charge is 0.255 e. The van der Waals surface area contributed by atoms with Crippen molar-refractivity contribution < 1.29 is 23.8 Å². The van der Waals surface area contributed by atoms with Crippen LogP contribution < -0.4 is 9.47 Å². The minimum Gasteiger partial charge on any atom is -0.493 e. The van der Waals surface area contributed by atoms with Gasteiger partial charge in [0.15, 0.2) is 17.0 Å². The number of piperazine rings is 1. The number of benzene rings is 2. The molecule has 0 saturated carbocycles. The Kier molecular flexibility index (Phi) is 5.92. The summed E-state index contributed by atoms with van der Waals surface area (Å²) in [5.41, 5.74) is 2.49. The molecule has 1 fully saturated rings. The summed E-state index contributed by atoms with van der Waals surface area (Å²) in [7, 11) is 3.22. The maximum Gasteiger partial charge on any atom is 0.255 e. The molecule has 8 nitrogen and oxygen atoms in total. The van der Waals surface area contributed by atoms with Crippen LogP contribution in [0.2, 0.25) is 0 Å². The second-order valence-corrected chi connectivity index (χ2v) is 9.12. The molecule has 1 saturated heterocycles. The van der Waals surface area contributed by atoms with Gasteiger partial charge in [0.2, 0.25) is 5.91 Å². The van der Waals surface area contributed by atoms with E-state index >= 15 is 0 Å². The van der Waals surface area contributed by atoms with E-state index in [1.54, 1.807) is 24.0 Å².